The van der Waals surface area contributed by atoms with Gasteiger partial charge < -0.3 is 16.2 Å². The lowest BCUT2D eigenvalue weighted by Crippen LogP contribution is -2.33. The molecule has 1 atom stereocenters. The van der Waals surface area contributed by atoms with E-state index >= 15 is 0 Å². The fourth-order valence-corrected chi connectivity index (χ4v) is 2.95. The van der Waals surface area contributed by atoms with E-state index in [1.165, 1.54) is 17.4 Å². The fourth-order valence-electron chi connectivity index (χ4n) is 1.67. The number of nitrogens with two attached hydrogens (primary N) is 1. The average molecular weight is 355 g/mol. The van der Waals surface area contributed by atoms with Crippen molar-refractivity contribution < 1.29 is 14.7 Å². The maximum absolute atomic E-state index is 12.1. The second kappa shape index (κ2) is 6.06. The molecule has 1 aromatic carbocycles. The number of rotatable bonds is 4. The van der Waals surface area contributed by atoms with Crippen molar-refractivity contribution in [2.24, 2.45) is 0 Å². The van der Waals surface area contributed by atoms with E-state index in [0.717, 1.165) is 0 Å². The van der Waals surface area contributed by atoms with Gasteiger partial charge in [0.05, 0.1) is 0 Å². The second-order valence-corrected chi connectivity index (χ2v) is 5.93. The third-order valence-corrected chi connectivity index (χ3v) is 3.93. The third-order valence-electron chi connectivity index (χ3n) is 2.53. The van der Waals surface area contributed by atoms with Crippen LogP contribution in [0.1, 0.15) is 21.3 Å². The zero-order valence-electron chi connectivity index (χ0n) is 10.2. The van der Waals surface area contributed by atoms with E-state index in [2.05, 4.69) is 21.2 Å². The molecule has 0 radical (unpaired) electrons. The lowest BCUT2D eigenvalue weighted by atomic mass is 10.1. The molecule has 0 aliphatic heterocycles. The number of carboxylic acid groups (broad SMARTS) is 1. The van der Waals surface area contributed by atoms with Crippen LogP contribution in [0.2, 0.25) is 0 Å². The fraction of sp³-hybridized carbons (Fsp3) is 0.0769. The zero-order valence-corrected chi connectivity index (χ0v) is 12.6. The number of benzene rings is 1. The number of hydrogen-bond donors (Lipinski definition) is 3. The Bertz CT molecular complexity index is 623. The SMILES string of the molecule is Nc1cc(Br)cc(C(=O)NC(C(=O)O)c2cccs2)c1. The largest absolute Gasteiger partial charge is 0.479 e. The molecule has 1 aromatic heterocycles. The Labute approximate surface area is 127 Å². The van der Waals surface area contributed by atoms with Crippen LogP contribution < -0.4 is 11.1 Å². The molecule has 0 saturated heterocycles. The standard InChI is InChI=1S/C13H11BrN2O3S/c14-8-4-7(5-9(15)6-8)12(17)16-11(13(18)19)10-2-1-3-20-10/h1-6,11H,15H2,(H,16,17)(H,18,19). The van der Waals surface area contributed by atoms with E-state index in [1.807, 2.05) is 0 Å². The van der Waals surface area contributed by atoms with Crippen LogP contribution in [0.25, 0.3) is 0 Å². The van der Waals surface area contributed by atoms with Gasteiger partial charge in [-0.05, 0) is 29.6 Å². The quantitative estimate of drug-likeness (QED) is 0.735. The smallest absolute Gasteiger partial charge is 0.331 e. The number of halogens is 1. The van der Waals surface area contributed by atoms with Crippen molar-refractivity contribution in [3.63, 3.8) is 0 Å². The van der Waals surface area contributed by atoms with E-state index in [4.69, 9.17) is 5.73 Å². The molecular formula is C13H11BrN2O3S. The van der Waals surface area contributed by atoms with Gasteiger partial charge in [-0.3, -0.25) is 4.79 Å². The predicted octanol–water partition coefficient (Wildman–Crippen LogP) is 2.65. The summed E-state index contributed by atoms with van der Waals surface area (Å²) in [5.41, 5.74) is 6.39. The minimum atomic E-state index is -1.11. The van der Waals surface area contributed by atoms with Gasteiger partial charge in [-0.2, -0.15) is 0 Å². The van der Waals surface area contributed by atoms with Crippen LogP contribution in [-0.2, 0) is 4.79 Å². The predicted molar refractivity (Wildman–Crippen MR) is 80.7 cm³/mol. The number of thiophene rings is 1. The number of carboxylic acids is 1. The summed E-state index contributed by atoms with van der Waals surface area (Å²) in [5, 5.41) is 13.5. The number of amides is 1. The Morgan fingerprint density at radius 1 is 1.35 bits per heavy atom. The Balaban J connectivity index is 2.23. The number of anilines is 1. The minimum Gasteiger partial charge on any atom is -0.479 e. The highest BCUT2D eigenvalue weighted by Crippen LogP contribution is 2.21. The normalized spacial score (nSPS) is 11.8. The molecule has 0 fully saturated rings. The number of carbonyl (C=O) groups excluding carboxylic acids is 1. The van der Waals surface area contributed by atoms with Crippen LogP contribution in [0.3, 0.4) is 0 Å². The Kier molecular flexibility index (Phi) is 4.41. The number of aliphatic carboxylic acids is 1. The summed E-state index contributed by atoms with van der Waals surface area (Å²) < 4.78 is 0.658. The summed E-state index contributed by atoms with van der Waals surface area (Å²) in [4.78, 5) is 23.9. The van der Waals surface area contributed by atoms with Crippen LogP contribution in [0.4, 0.5) is 5.69 Å². The van der Waals surface area contributed by atoms with Gasteiger partial charge in [0.15, 0.2) is 6.04 Å². The molecule has 2 rings (SSSR count). The first-order valence-corrected chi connectivity index (χ1v) is 7.28. The molecule has 2 aromatic rings. The van der Waals surface area contributed by atoms with E-state index < -0.39 is 17.9 Å². The molecule has 0 aliphatic rings. The minimum absolute atomic E-state index is 0.305. The molecule has 0 spiro atoms. The van der Waals surface area contributed by atoms with E-state index in [1.54, 1.807) is 29.6 Å². The maximum Gasteiger partial charge on any atom is 0.331 e. The third kappa shape index (κ3) is 3.37. The summed E-state index contributed by atoms with van der Waals surface area (Å²) in [6, 6.07) is 7.07. The molecule has 1 amide bonds. The Morgan fingerprint density at radius 2 is 2.10 bits per heavy atom. The van der Waals surface area contributed by atoms with Crippen molar-refractivity contribution in [3.05, 3.63) is 50.6 Å². The summed E-state index contributed by atoms with van der Waals surface area (Å²) in [6.07, 6.45) is 0. The molecule has 104 valence electrons. The molecule has 20 heavy (non-hydrogen) atoms. The van der Waals surface area contributed by atoms with Crippen LogP contribution in [-0.4, -0.2) is 17.0 Å². The molecule has 4 N–H and O–H groups in total. The molecule has 5 nitrogen and oxygen atoms in total. The van der Waals surface area contributed by atoms with Gasteiger partial charge in [0, 0.05) is 20.6 Å². The molecule has 0 saturated carbocycles. The van der Waals surface area contributed by atoms with Gasteiger partial charge in [-0.1, -0.05) is 22.0 Å². The van der Waals surface area contributed by atoms with E-state index in [0.29, 0.717) is 20.6 Å². The molecule has 1 unspecified atom stereocenters. The highest BCUT2D eigenvalue weighted by molar-refractivity contribution is 9.10. The highest BCUT2D eigenvalue weighted by Gasteiger charge is 2.23. The van der Waals surface area contributed by atoms with Gasteiger partial charge in [0.1, 0.15) is 0 Å². The van der Waals surface area contributed by atoms with Gasteiger partial charge in [-0.25, -0.2) is 4.79 Å². The van der Waals surface area contributed by atoms with Crippen LogP contribution >= 0.6 is 27.3 Å². The van der Waals surface area contributed by atoms with Gasteiger partial charge in [0.2, 0.25) is 0 Å². The number of nitrogen functional groups attached to an aromatic ring is 1. The van der Waals surface area contributed by atoms with Gasteiger partial charge in [-0.15, -0.1) is 11.3 Å². The maximum atomic E-state index is 12.1. The van der Waals surface area contributed by atoms with Gasteiger partial charge >= 0.3 is 5.97 Å². The first-order chi connectivity index (χ1) is 9.47. The van der Waals surface area contributed by atoms with Crippen molar-refractivity contribution in [1.82, 2.24) is 5.32 Å². The van der Waals surface area contributed by atoms with Crippen molar-refractivity contribution >= 4 is 44.8 Å². The average Bonchev–Trinajstić information content (AvgIpc) is 2.87. The summed E-state index contributed by atoms with van der Waals surface area (Å²) >= 11 is 4.51. The Morgan fingerprint density at radius 3 is 2.65 bits per heavy atom. The lowest BCUT2D eigenvalue weighted by molar-refractivity contribution is -0.139. The number of nitrogens with one attached hydrogen (secondary N) is 1. The molecule has 0 aliphatic carbocycles. The summed E-state index contributed by atoms with van der Waals surface area (Å²) in [7, 11) is 0. The first kappa shape index (κ1) is 14.5. The van der Waals surface area contributed by atoms with Crippen LogP contribution in [0, 0.1) is 0 Å². The van der Waals surface area contributed by atoms with Crippen LogP contribution in [0.15, 0.2) is 40.2 Å². The lowest BCUT2D eigenvalue weighted by Gasteiger charge is -2.13. The second-order valence-electron chi connectivity index (χ2n) is 4.03. The first-order valence-electron chi connectivity index (χ1n) is 5.60. The monoisotopic (exact) mass is 354 g/mol. The highest BCUT2D eigenvalue weighted by atomic mass is 79.9. The van der Waals surface area contributed by atoms with Crippen molar-refractivity contribution in [1.29, 1.82) is 0 Å². The van der Waals surface area contributed by atoms with Gasteiger partial charge in [0.25, 0.3) is 5.91 Å². The molecule has 7 heteroatoms. The topological polar surface area (TPSA) is 92.4 Å². The van der Waals surface area contributed by atoms with E-state index in [-0.39, 0.29) is 0 Å². The van der Waals surface area contributed by atoms with Crippen molar-refractivity contribution in [2.75, 3.05) is 5.73 Å². The molecule has 1 heterocycles. The van der Waals surface area contributed by atoms with E-state index in [9.17, 15) is 14.7 Å². The Hall–Kier alpha value is -1.86. The molecular weight excluding hydrogens is 344 g/mol. The number of carbonyl (C=O) groups is 2. The van der Waals surface area contributed by atoms with Crippen molar-refractivity contribution in [2.45, 2.75) is 6.04 Å². The van der Waals surface area contributed by atoms with Crippen LogP contribution in [0.5, 0.6) is 0 Å². The summed E-state index contributed by atoms with van der Waals surface area (Å²) in [6.45, 7) is 0. The van der Waals surface area contributed by atoms with Crippen molar-refractivity contribution in [3.8, 4) is 0 Å². The number of hydrogen-bond acceptors (Lipinski definition) is 4. The zero-order chi connectivity index (χ0) is 14.7. The molecule has 0 bridgehead atoms. The summed E-state index contributed by atoms with van der Waals surface area (Å²) in [5.74, 6) is -1.59.